The Kier molecular flexibility index (Phi) is 6.47. The van der Waals surface area contributed by atoms with Gasteiger partial charge in [0, 0.05) is 9.79 Å². The number of hydrogen-bond donors (Lipinski definition) is 2. The molecule has 0 spiro atoms. The molecule has 2 nitrogen and oxygen atoms in total. The molecule has 0 aliphatic heterocycles. The lowest BCUT2D eigenvalue weighted by molar-refractivity contribution is 0.944. The van der Waals surface area contributed by atoms with Gasteiger partial charge in [0.05, 0.1) is 0 Å². The molecule has 0 unspecified atom stereocenters. The first-order valence-electron chi connectivity index (χ1n) is 6.75. The molecule has 20 heavy (non-hydrogen) atoms. The van der Waals surface area contributed by atoms with E-state index >= 15 is 0 Å². The first-order valence-corrected chi connectivity index (χ1v) is 8.90. The van der Waals surface area contributed by atoms with Crippen LogP contribution < -0.4 is 11.5 Å². The monoisotopic (exact) mass is 304 g/mol. The van der Waals surface area contributed by atoms with Crippen molar-refractivity contribution in [2.24, 2.45) is 11.5 Å². The second-order valence-electron chi connectivity index (χ2n) is 4.46. The molecule has 0 aliphatic rings. The maximum atomic E-state index is 5.67. The minimum absolute atomic E-state index is 0.687. The van der Waals surface area contributed by atoms with E-state index in [-0.39, 0.29) is 0 Å². The summed E-state index contributed by atoms with van der Waals surface area (Å²) in [6, 6.07) is 16.9. The van der Waals surface area contributed by atoms with Crippen LogP contribution in [0.15, 0.2) is 58.3 Å². The predicted molar refractivity (Wildman–Crippen MR) is 90.1 cm³/mol. The van der Waals surface area contributed by atoms with Crippen molar-refractivity contribution < 1.29 is 0 Å². The third-order valence-electron chi connectivity index (χ3n) is 2.99. The van der Waals surface area contributed by atoms with Crippen LogP contribution in [-0.2, 0) is 12.8 Å². The van der Waals surface area contributed by atoms with Crippen molar-refractivity contribution in [1.82, 2.24) is 0 Å². The summed E-state index contributed by atoms with van der Waals surface area (Å²) in [5, 5.41) is 0. The second-order valence-corrected chi connectivity index (χ2v) is 6.67. The topological polar surface area (TPSA) is 52.0 Å². The van der Waals surface area contributed by atoms with E-state index in [9.17, 15) is 0 Å². The fourth-order valence-corrected chi connectivity index (χ4v) is 4.50. The summed E-state index contributed by atoms with van der Waals surface area (Å²) >= 11 is 0. The van der Waals surface area contributed by atoms with Crippen molar-refractivity contribution in [1.29, 1.82) is 0 Å². The fourth-order valence-electron chi connectivity index (χ4n) is 1.98. The lowest BCUT2D eigenvalue weighted by atomic mass is 10.1. The Morgan fingerprint density at radius 1 is 0.650 bits per heavy atom. The van der Waals surface area contributed by atoms with Gasteiger partial charge in [-0.05, 0) is 49.2 Å². The molecule has 0 radical (unpaired) electrons. The van der Waals surface area contributed by atoms with Gasteiger partial charge < -0.3 is 11.5 Å². The third-order valence-corrected chi connectivity index (χ3v) is 5.56. The summed E-state index contributed by atoms with van der Waals surface area (Å²) in [6.07, 6.45) is 1.85. The maximum absolute atomic E-state index is 5.67. The standard InChI is InChI=1S/C16H20N2S2/c17-11-9-13-5-1-3-7-15(13)19-20-16-8-4-2-6-14(16)10-12-18/h1-8H,9-12,17-18H2. The molecule has 0 aliphatic carbocycles. The Hall–Kier alpha value is -0.940. The van der Waals surface area contributed by atoms with Gasteiger partial charge in [0.2, 0.25) is 0 Å². The summed E-state index contributed by atoms with van der Waals surface area (Å²) < 4.78 is 0. The smallest absolute Gasteiger partial charge is 0.0218 e. The average molecular weight is 304 g/mol. The average Bonchev–Trinajstić information content (AvgIpc) is 2.48. The molecule has 2 aromatic rings. The zero-order valence-corrected chi connectivity index (χ0v) is 13.1. The molecule has 4 N–H and O–H groups in total. The Balaban J connectivity index is 2.09. The highest BCUT2D eigenvalue weighted by atomic mass is 33.1. The number of rotatable bonds is 7. The van der Waals surface area contributed by atoms with Crippen LogP contribution in [0.25, 0.3) is 0 Å². The van der Waals surface area contributed by atoms with Crippen molar-refractivity contribution in [2.45, 2.75) is 22.6 Å². The molecule has 0 aromatic heterocycles. The number of hydrogen-bond acceptors (Lipinski definition) is 4. The van der Waals surface area contributed by atoms with E-state index in [1.54, 1.807) is 21.6 Å². The zero-order chi connectivity index (χ0) is 14.2. The quantitative estimate of drug-likeness (QED) is 0.769. The van der Waals surface area contributed by atoms with E-state index in [0.29, 0.717) is 13.1 Å². The van der Waals surface area contributed by atoms with Gasteiger partial charge in [-0.15, -0.1) is 0 Å². The Bertz CT molecular complexity index is 494. The minimum Gasteiger partial charge on any atom is -0.330 e. The molecule has 0 amide bonds. The highest BCUT2D eigenvalue weighted by Gasteiger charge is 2.06. The largest absolute Gasteiger partial charge is 0.330 e. The van der Waals surface area contributed by atoms with E-state index in [1.165, 1.54) is 20.9 Å². The van der Waals surface area contributed by atoms with Crippen LogP contribution in [0.2, 0.25) is 0 Å². The lowest BCUT2D eigenvalue weighted by Crippen LogP contribution is -2.03. The Morgan fingerprint density at radius 2 is 1.05 bits per heavy atom. The molecule has 0 fully saturated rings. The van der Waals surface area contributed by atoms with E-state index in [0.717, 1.165) is 12.8 Å². The van der Waals surface area contributed by atoms with Gasteiger partial charge in [-0.25, -0.2) is 0 Å². The molecular formula is C16H20N2S2. The van der Waals surface area contributed by atoms with E-state index in [2.05, 4.69) is 48.5 Å². The summed E-state index contributed by atoms with van der Waals surface area (Å²) in [7, 11) is 3.60. The summed E-state index contributed by atoms with van der Waals surface area (Å²) in [6.45, 7) is 1.37. The molecule has 0 heterocycles. The van der Waals surface area contributed by atoms with Crippen molar-refractivity contribution in [3.63, 3.8) is 0 Å². The van der Waals surface area contributed by atoms with E-state index in [1.807, 2.05) is 0 Å². The molecule has 0 atom stereocenters. The van der Waals surface area contributed by atoms with Gasteiger partial charge in [0.25, 0.3) is 0 Å². The first kappa shape index (κ1) is 15.4. The Morgan fingerprint density at radius 3 is 1.45 bits per heavy atom. The molecule has 0 saturated heterocycles. The van der Waals surface area contributed by atoms with Gasteiger partial charge in [-0.3, -0.25) is 0 Å². The van der Waals surface area contributed by atoms with Crippen LogP contribution in [0.4, 0.5) is 0 Å². The summed E-state index contributed by atoms with van der Waals surface area (Å²) in [4.78, 5) is 2.59. The maximum Gasteiger partial charge on any atom is 0.0218 e. The number of nitrogens with two attached hydrogens (primary N) is 2. The van der Waals surface area contributed by atoms with Crippen LogP contribution in [-0.4, -0.2) is 13.1 Å². The molecule has 106 valence electrons. The van der Waals surface area contributed by atoms with E-state index in [4.69, 9.17) is 11.5 Å². The molecule has 2 aromatic carbocycles. The van der Waals surface area contributed by atoms with Crippen molar-refractivity contribution in [3.8, 4) is 0 Å². The predicted octanol–water partition coefficient (Wildman–Crippen LogP) is 3.49. The molecule has 0 bridgehead atoms. The van der Waals surface area contributed by atoms with Crippen molar-refractivity contribution in [3.05, 3.63) is 59.7 Å². The van der Waals surface area contributed by atoms with Gasteiger partial charge in [0.1, 0.15) is 0 Å². The third kappa shape index (κ3) is 4.28. The van der Waals surface area contributed by atoms with Crippen molar-refractivity contribution in [2.75, 3.05) is 13.1 Å². The molecule has 2 rings (SSSR count). The van der Waals surface area contributed by atoms with Crippen LogP contribution in [0.1, 0.15) is 11.1 Å². The van der Waals surface area contributed by atoms with Crippen LogP contribution in [0.3, 0.4) is 0 Å². The normalized spacial score (nSPS) is 10.7. The fraction of sp³-hybridized carbons (Fsp3) is 0.250. The Labute approximate surface area is 128 Å². The highest BCUT2D eigenvalue weighted by Crippen LogP contribution is 2.40. The molecular weight excluding hydrogens is 284 g/mol. The first-order chi connectivity index (χ1) is 9.85. The summed E-state index contributed by atoms with van der Waals surface area (Å²) in [5.41, 5.74) is 14.0. The van der Waals surface area contributed by atoms with Crippen LogP contribution in [0.5, 0.6) is 0 Å². The number of benzene rings is 2. The minimum atomic E-state index is 0.687. The highest BCUT2D eigenvalue weighted by molar-refractivity contribution is 8.76. The lowest BCUT2D eigenvalue weighted by Gasteiger charge is -2.10. The van der Waals surface area contributed by atoms with Gasteiger partial charge >= 0.3 is 0 Å². The van der Waals surface area contributed by atoms with Crippen LogP contribution in [0, 0.1) is 0 Å². The molecule has 4 heteroatoms. The molecule has 0 saturated carbocycles. The van der Waals surface area contributed by atoms with Crippen LogP contribution >= 0.6 is 21.6 Å². The summed E-state index contributed by atoms with van der Waals surface area (Å²) in [5.74, 6) is 0. The van der Waals surface area contributed by atoms with Gasteiger partial charge in [-0.2, -0.15) is 0 Å². The van der Waals surface area contributed by atoms with Crippen molar-refractivity contribution >= 4 is 21.6 Å². The SMILES string of the molecule is NCCc1ccccc1SSc1ccccc1CCN. The second kappa shape index (κ2) is 8.37. The van der Waals surface area contributed by atoms with Gasteiger partial charge in [-0.1, -0.05) is 58.0 Å². The zero-order valence-electron chi connectivity index (χ0n) is 11.4. The van der Waals surface area contributed by atoms with E-state index < -0.39 is 0 Å². The van der Waals surface area contributed by atoms with Gasteiger partial charge in [0.15, 0.2) is 0 Å².